The zero-order valence-corrected chi connectivity index (χ0v) is 11.2. The number of fused-ring (bicyclic) bond motifs is 1. The minimum Gasteiger partial charge on any atom is -0.320 e. The third kappa shape index (κ3) is 2.29. The van der Waals surface area contributed by atoms with Crippen molar-refractivity contribution in [3.05, 3.63) is 36.3 Å². The van der Waals surface area contributed by atoms with Gasteiger partial charge in [0.25, 0.3) is 0 Å². The van der Waals surface area contributed by atoms with Crippen LogP contribution in [0.4, 0.5) is 11.6 Å². The molecule has 0 fully saturated rings. The first-order chi connectivity index (χ1) is 9.11. The molecule has 0 unspecified atom stereocenters. The molecule has 0 atom stereocenters. The van der Waals surface area contributed by atoms with Gasteiger partial charge in [0.05, 0.1) is 11.9 Å². The molecule has 1 N–H and O–H groups in total. The number of rotatable bonds is 3. The van der Waals surface area contributed by atoms with E-state index in [0.29, 0.717) is 12.0 Å². The molecular formula is C13H16N6. The number of nitrogens with zero attached hydrogens (tertiary/aromatic N) is 5. The van der Waals surface area contributed by atoms with E-state index in [4.69, 9.17) is 0 Å². The summed E-state index contributed by atoms with van der Waals surface area (Å²) >= 11 is 0. The Morgan fingerprint density at radius 2 is 2.05 bits per heavy atom. The predicted octanol–water partition coefficient (Wildman–Crippen LogP) is 2.56. The lowest BCUT2D eigenvalue weighted by Gasteiger charge is -2.02. The van der Waals surface area contributed by atoms with E-state index in [1.165, 1.54) is 0 Å². The van der Waals surface area contributed by atoms with Crippen LogP contribution in [0, 0.1) is 6.92 Å². The van der Waals surface area contributed by atoms with Crippen molar-refractivity contribution >= 4 is 17.3 Å². The van der Waals surface area contributed by atoms with Gasteiger partial charge in [0.1, 0.15) is 0 Å². The second-order valence-electron chi connectivity index (χ2n) is 4.87. The predicted molar refractivity (Wildman–Crippen MR) is 73.6 cm³/mol. The van der Waals surface area contributed by atoms with E-state index in [1.54, 1.807) is 10.7 Å². The molecule has 3 aromatic rings. The fraction of sp³-hybridized carbons (Fsp3) is 0.308. The van der Waals surface area contributed by atoms with E-state index in [-0.39, 0.29) is 0 Å². The fourth-order valence-corrected chi connectivity index (χ4v) is 1.85. The summed E-state index contributed by atoms with van der Waals surface area (Å²) in [4.78, 5) is 4.41. The Balaban J connectivity index is 1.87. The van der Waals surface area contributed by atoms with E-state index >= 15 is 0 Å². The van der Waals surface area contributed by atoms with E-state index < -0.39 is 0 Å². The van der Waals surface area contributed by atoms with Gasteiger partial charge >= 0.3 is 0 Å². The number of aromatic nitrogens is 5. The van der Waals surface area contributed by atoms with Crippen LogP contribution >= 0.6 is 0 Å². The lowest BCUT2D eigenvalue weighted by molar-refractivity contribution is 0.532. The molecule has 0 saturated heterocycles. The fourth-order valence-electron chi connectivity index (χ4n) is 1.85. The first kappa shape index (κ1) is 11.7. The van der Waals surface area contributed by atoms with Crippen molar-refractivity contribution in [2.75, 3.05) is 5.32 Å². The standard InChI is InChI=1S/C13H16N6/c1-9(2)18-8-11(6-14-18)15-13-16-12-5-4-10(3)7-19(12)17-13/h4-9H,1-3H3,(H,15,17). The zero-order chi connectivity index (χ0) is 13.4. The molecule has 98 valence electrons. The molecule has 0 aliphatic rings. The van der Waals surface area contributed by atoms with Gasteiger partial charge in [0.15, 0.2) is 5.65 Å². The Kier molecular flexibility index (Phi) is 2.70. The Morgan fingerprint density at radius 1 is 1.21 bits per heavy atom. The second kappa shape index (κ2) is 4.38. The monoisotopic (exact) mass is 256 g/mol. The van der Waals surface area contributed by atoms with Gasteiger partial charge in [-0.05, 0) is 32.4 Å². The van der Waals surface area contributed by atoms with E-state index in [2.05, 4.69) is 34.3 Å². The lowest BCUT2D eigenvalue weighted by atomic mass is 10.3. The average molecular weight is 256 g/mol. The molecule has 0 saturated carbocycles. The van der Waals surface area contributed by atoms with Crippen molar-refractivity contribution in [1.29, 1.82) is 0 Å². The maximum absolute atomic E-state index is 4.41. The third-order valence-corrected chi connectivity index (χ3v) is 2.87. The van der Waals surface area contributed by atoms with Crippen LogP contribution in [-0.2, 0) is 0 Å². The Labute approximate surface area is 111 Å². The molecule has 0 spiro atoms. The zero-order valence-electron chi connectivity index (χ0n) is 11.2. The molecule has 3 rings (SSSR count). The third-order valence-electron chi connectivity index (χ3n) is 2.87. The second-order valence-corrected chi connectivity index (χ2v) is 4.87. The summed E-state index contributed by atoms with van der Waals surface area (Å²) in [5.41, 5.74) is 2.86. The quantitative estimate of drug-likeness (QED) is 0.782. The minimum atomic E-state index is 0.340. The number of hydrogen-bond acceptors (Lipinski definition) is 4. The Morgan fingerprint density at radius 3 is 2.79 bits per heavy atom. The van der Waals surface area contributed by atoms with Crippen LogP contribution in [0.15, 0.2) is 30.7 Å². The summed E-state index contributed by atoms with van der Waals surface area (Å²) < 4.78 is 3.66. The summed E-state index contributed by atoms with van der Waals surface area (Å²) in [5.74, 6) is 0.578. The molecular weight excluding hydrogens is 240 g/mol. The Bertz CT molecular complexity index is 709. The van der Waals surface area contributed by atoms with Gasteiger partial charge in [-0.2, -0.15) is 10.1 Å². The normalized spacial score (nSPS) is 11.4. The van der Waals surface area contributed by atoms with Crippen LogP contribution in [0.1, 0.15) is 25.5 Å². The maximum Gasteiger partial charge on any atom is 0.247 e. The number of nitrogens with one attached hydrogen (secondary N) is 1. The highest BCUT2D eigenvalue weighted by Crippen LogP contribution is 2.15. The van der Waals surface area contributed by atoms with Crippen LogP contribution in [0.2, 0.25) is 0 Å². The minimum absolute atomic E-state index is 0.340. The van der Waals surface area contributed by atoms with Crippen LogP contribution in [0.3, 0.4) is 0 Å². The molecule has 3 heterocycles. The average Bonchev–Trinajstić information content (AvgIpc) is 2.95. The maximum atomic E-state index is 4.41. The SMILES string of the molecule is Cc1ccc2nc(Nc3cnn(C(C)C)c3)nn2c1. The molecule has 0 aliphatic carbocycles. The van der Waals surface area contributed by atoms with Gasteiger partial charge in [-0.25, -0.2) is 4.52 Å². The van der Waals surface area contributed by atoms with Crippen LogP contribution < -0.4 is 5.32 Å². The summed E-state index contributed by atoms with van der Waals surface area (Å²) in [7, 11) is 0. The van der Waals surface area contributed by atoms with Crippen molar-refractivity contribution in [2.24, 2.45) is 0 Å². The molecule has 6 nitrogen and oxygen atoms in total. The first-order valence-corrected chi connectivity index (χ1v) is 6.26. The number of aryl methyl sites for hydroxylation is 1. The molecule has 0 aliphatic heterocycles. The van der Waals surface area contributed by atoms with E-state index in [9.17, 15) is 0 Å². The van der Waals surface area contributed by atoms with Gasteiger partial charge in [-0.15, -0.1) is 5.10 Å². The van der Waals surface area contributed by atoms with Crippen molar-refractivity contribution < 1.29 is 0 Å². The number of anilines is 2. The van der Waals surface area contributed by atoms with Gasteiger partial charge in [-0.1, -0.05) is 6.07 Å². The highest BCUT2D eigenvalue weighted by molar-refractivity contribution is 5.53. The molecule has 0 radical (unpaired) electrons. The molecule has 19 heavy (non-hydrogen) atoms. The molecule has 3 aromatic heterocycles. The largest absolute Gasteiger partial charge is 0.320 e. The van der Waals surface area contributed by atoms with E-state index in [0.717, 1.165) is 16.9 Å². The molecule has 0 aromatic carbocycles. The summed E-state index contributed by atoms with van der Waals surface area (Å²) in [6.45, 7) is 6.20. The highest BCUT2D eigenvalue weighted by atomic mass is 15.4. The van der Waals surface area contributed by atoms with Crippen molar-refractivity contribution in [3.8, 4) is 0 Å². The Hall–Kier alpha value is -2.37. The van der Waals surface area contributed by atoms with Gasteiger partial charge in [-0.3, -0.25) is 4.68 Å². The van der Waals surface area contributed by atoms with E-state index in [1.807, 2.05) is 36.1 Å². The van der Waals surface area contributed by atoms with Crippen LogP contribution in [0.25, 0.3) is 5.65 Å². The highest BCUT2D eigenvalue weighted by Gasteiger charge is 2.06. The van der Waals surface area contributed by atoms with Gasteiger partial charge in [0, 0.05) is 18.4 Å². The summed E-state index contributed by atoms with van der Waals surface area (Å²) in [6, 6.07) is 4.31. The van der Waals surface area contributed by atoms with Crippen LogP contribution in [-0.4, -0.2) is 24.4 Å². The number of hydrogen-bond donors (Lipinski definition) is 1. The molecule has 6 heteroatoms. The van der Waals surface area contributed by atoms with Crippen LogP contribution in [0.5, 0.6) is 0 Å². The first-order valence-electron chi connectivity index (χ1n) is 6.26. The number of pyridine rings is 1. The molecule has 0 bridgehead atoms. The van der Waals surface area contributed by atoms with Crippen molar-refractivity contribution in [3.63, 3.8) is 0 Å². The lowest BCUT2D eigenvalue weighted by Crippen LogP contribution is -2.00. The molecule has 0 amide bonds. The topological polar surface area (TPSA) is 60.0 Å². The van der Waals surface area contributed by atoms with Gasteiger partial charge in [0.2, 0.25) is 5.95 Å². The van der Waals surface area contributed by atoms with Gasteiger partial charge < -0.3 is 5.32 Å². The smallest absolute Gasteiger partial charge is 0.247 e. The van der Waals surface area contributed by atoms with Crippen molar-refractivity contribution in [2.45, 2.75) is 26.8 Å². The summed E-state index contributed by atoms with van der Waals surface area (Å²) in [6.07, 6.45) is 5.67. The summed E-state index contributed by atoms with van der Waals surface area (Å²) in [5, 5.41) is 11.8. The van der Waals surface area contributed by atoms with Crippen molar-refractivity contribution in [1.82, 2.24) is 24.4 Å².